The number of ether oxygens (including phenoxy) is 2. The van der Waals surface area contributed by atoms with Crippen LogP contribution in [-0.2, 0) is 19.1 Å². The van der Waals surface area contributed by atoms with Crippen molar-refractivity contribution in [2.75, 3.05) is 13.1 Å². The minimum atomic E-state index is -0.126. The second-order valence-corrected chi connectivity index (χ2v) is 17.9. The molecule has 0 unspecified atom stereocenters. The number of hydrogen-bond donors (Lipinski definition) is 0. The van der Waals surface area contributed by atoms with Gasteiger partial charge in [-0.05, 0) is 95.8 Å². The molecule has 0 spiro atoms. The van der Waals surface area contributed by atoms with Gasteiger partial charge in [0.25, 0.3) is 5.24 Å². The van der Waals surface area contributed by atoms with Crippen LogP contribution in [0.3, 0.4) is 0 Å². The molecule has 0 aromatic rings. The average molecular weight is 780 g/mol. The van der Waals surface area contributed by atoms with Crippen LogP contribution in [0.15, 0.2) is 0 Å². The standard InChI is InChI=1S/C47H89NO5S/c1-6-11-15-19-23-29-42(30-24-20-16-12-7-2)52-45(49)33-27-39-48(47(51)54-44-37-35-41(10-5)36-38-44)40-28-34-46(50)53-43(31-25-21-17-13-8-3)32-26-22-18-14-9-4/h41-44H,6-40H2,1-5H3. The summed E-state index contributed by atoms with van der Waals surface area (Å²) < 4.78 is 12.2. The number of rotatable bonds is 36. The highest BCUT2D eigenvalue weighted by atomic mass is 32.2. The van der Waals surface area contributed by atoms with Gasteiger partial charge in [-0.15, -0.1) is 0 Å². The number of amides is 1. The van der Waals surface area contributed by atoms with Gasteiger partial charge in [-0.1, -0.05) is 156 Å². The highest BCUT2D eigenvalue weighted by Crippen LogP contribution is 2.34. The normalized spacial score (nSPS) is 15.9. The first-order chi connectivity index (χ1) is 26.4. The first kappa shape index (κ1) is 50.8. The van der Waals surface area contributed by atoms with E-state index in [9.17, 15) is 14.4 Å². The fraction of sp³-hybridized carbons (Fsp3) is 0.936. The van der Waals surface area contributed by atoms with Crippen LogP contribution in [0.4, 0.5) is 4.79 Å². The van der Waals surface area contributed by atoms with Crippen LogP contribution in [0.5, 0.6) is 0 Å². The lowest BCUT2D eigenvalue weighted by molar-refractivity contribution is -0.150. The maximum atomic E-state index is 13.7. The Balaban J connectivity index is 2.73. The van der Waals surface area contributed by atoms with Crippen LogP contribution < -0.4 is 0 Å². The predicted molar refractivity (Wildman–Crippen MR) is 232 cm³/mol. The number of esters is 2. The summed E-state index contributed by atoms with van der Waals surface area (Å²) in [7, 11) is 0. The lowest BCUT2D eigenvalue weighted by atomic mass is 9.87. The summed E-state index contributed by atoms with van der Waals surface area (Å²) in [5, 5.41) is 0.467. The van der Waals surface area contributed by atoms with E-state index in [1.54, 1.807) is 0 Å². The molecule has 1 aliphatic rings. The molecule has 0 aliphatic heterocycles. The van der Waals surface area contributed by atoms with E-state index in [1.807, 2.05) is 4.90 Å². The van der Waals surface area contributed by atoms with E-state index in [0.29, 0.717) is 44.0 Å². The third-order valence-electron chi connectivity index (χ3n) is 11.6. The molecule has 1 aliphatic carbocycles. The Kier molecular flexibility index (Phi) is 34.0. The molecular formula is C47H89NO5S. The van der Waals surface area contributed by atoms with Crippen molar-refractivity contribution in [3.63, 3.8) is 0 Å². The Morgan fingerprint density at radius 3 is 1.19 bits per heavy atom. The van der Waals surface area contributed by atoms with Gasteiger partial charge >= 0.3 is 11.9 Å². The zero-order valence-corrected chi connectivity index (χ0v) is 37.3. The fourth-order valence-corrected chi connectivity index (χ4v) is 9.04. The third kappa shape index (κ3) is 28.2. The van der Waals surface area contributed by atoms with Crippen LogP contribution >= 0.6 is 11.8 Å². The number of unbranched alkanes of at least 4 members (excludes halogenated alkanes) is 16. The molecule has 0 bridgehead atoms. The molecule has 7 heteroatoms. The molecule has 54 heavy (non-hydrogen) atoms. The van der Waals surface area contributed by atoms with Crippen molar-refractivity contribution in [1.29, 1.82) is 0 Å². The molecule has 6 nitrogen and oxygen atoms in total. The molecule has 0 aromatic carbocycles. The number of carbonyl (C=O) groups is 3. The Hall–Kier alpha value is -1.24. The van der Waals surface area contributed by atoms with Crippen molar-refractivity contribution >= 4 is 28.9 Å². The molecule has 0 aromatic heterocycles. The molecule has 1 amide bonds. The Bertz CT molecular complexity index is 811. The van der Waals surface area contributed by atoms with E-state index in [2.05, 4.69) is 34.6 Å². The Morgan fingerprint density at radius 1 is 0.500 bits per heavy atom. The van der Waals surface area contributed by atoms with Gasteiger partial charge in [0.1, 0.15) is 12.2 Å². The summed E-state index contributed by atoms with van der Waals surface area (Å²) in [5.74, 6) is 0.538. The summed E-state index contributed by atoms with van der Waals surface area (Å²) in [5.41, 5.74) is 0. The van der Waals surface area contributed by atoms with Crippen molar-refractivity contribution < 1.29 is 23.9 Å². The number of thioether (sulfide) groups is 1. The van der Waals surface area contributed by atoms with Gasteiger partial charge in [0.2, 0.25) is 0 Å². The summed E-state index contributed by atoms with van der Waals surface area (Å²) >= 11 is 1.49. The van der Waals surface area contributed by atoms with Gasteiger partial charge in [-0.25, -0.2) is 0 Å². The smallest absolute Gasteiger partial charge is 0.306 e. The van der Waals surface area contributed by atoms with Crippen LogP contribution in [0.1, 0.15) is 247 Å². The zero-order chi connectivity index (χ0) is 39.5. The van der Waals surface area contributed by atoms with E-state index in [4.69, 9.17) is 9.47 Å². The highest BCUT2D eigenvalue weighted by molar-refractivity contribution is 8.14. The average Bonchev–Trinajstić information content (AvgIpc) is 3.16. The second kappa shape index (κ2) is 36.1. The van der Waals surface area contributed by atoms with Crippen molar-refractivity contribution in [1.82, 2.24) is 4.90 Å². The predicted octanol–water partition coefficient (Wildman–Crippen LogP) is 14.9. The SMILES string of the molecule is CCCCCCCC(CCCCCCC)OC(=O)CCCN(CCCC(=O)OC(CCCCCCC)CCCCCCC)C(=O)SC1CCC(CC)CC1. The van der Waals surface area contributed by atoms with Crippen molar-refractivity contribution in [2.24, 2.45) is 5.92 Å². The summed E-state index contributed by atoms with van der Waals surface area (Å²) in [4.78, 5) is 41.8. The first-order valence-electron chi connectivity index (χ1n) is 23.7. The largest absolute Gasteiger partial charge is 0.462 e. The van der Waals surface area contributed by atoms with Crippen molar-refractivity contribution in [3.8, 4) is 0 Å². The monoisotopic (exact) mass is 780 g/mol. The molecule has 318 valence electrons. The van der Waals surface area contributed by atoms with Crippen LogP contribution in [0.2, 0.25) is 0 Å². The molecule has 0 saturated heterocycles. The maximum absolute atomic E-state index is 13.7. The Labute approximate surface area is 339 Å². The van der Waals surface area contributed by atoms with Crippen LogP contribution in [0.25, 0.3) is 0 Å². The van der Waals surface area contributed by atoms with E-state index in [0.717, 1.165) is 70.1 Å². The summed E-state index contributed by atoms with van der Waals surface area (Å²) in [6.45, 7) is 12.3. The van der Waals surface area contributed by atoms with Gasteiger partial charge in [-0.2, -0.15) is 0 Å². The zero-order valence-electron chi connectivity index (χ0n) is 36.5. The number of nitrogens with zero attached hydrogens (tertiary/aromatic N) is 1. The molecule has 0 radical (unpaired) electrons. The van der Waals surface area contributed by atoms with E-state index >= 15 is 0 Å². The summed E-state index contributed by atoms with van der Waals surface area (Å²) in [6, 6.07) is 0. The molecule has 0 heterocycles. The molecule has 1 saturated carbocycles. The third-order valence-corrected chi connectivity index (χ3v) is 12.9. The van der Waals surface area contributed by atoms with Gasteiger partial charge in [0, 0.05) is 31.2 Å². The van der Waals surface area contributed by atoms with E-state index < -0.39 is 0 Å². The van der Waals surface area contributed by atoms with Crippen molar-refractivity contribution in [2.45, 2.75) is 264 Å². The minimum Gasteiger partial charge on any atom is -0.462 e. The summed E-state index contributed by atoms with van der Waals surface area (Å²) in [6.07, 6.45) is 35.9. The maximum Gasteiger partial charge on any atom is 0.306 e. The highest BCUT2D eigenvalue weighted by Gasteiger charge is 2.26. The minimum absolute atomic E-state index is 0.00908. The quantitative estimate of drug-likeness (QED) is 0.0466. The number of carbonyl (C=O) groups excluding carboxylic acids is 3. The van der Waals surface area contributed by atoms with E-state index in [1.165, 1.54) is 134 Å². The van der Waals surface area contributed by atoms with Gasteiger partial charge in [0.05, 0.1) is 0 Å². The fourth-order valence-electron chi connectivity index (χ4n) is 7.91. The molecule has 0 atom stereocenters. The second-order valence-electron chi connectivity index (χ2n) is 16.7. The van der Waals surface area contributed by atoms with Crippen LogP contribution in [-0.4, -0.2) is 52.6 Å². The van der Waals surface area contributed by atoms with Crippen molar-refractivity contribution in [3.05, 3.63) is 0 Å². The Morgan fingerprint density at radius 2 is 0.852 bits per heavy atom. The molecule has 0 N–H and O–H groups in total. The van der Waals surface area contributed by atoms with Gasteiger partial charge < -0.3 is 14.4 Å². The topological polar surface area (TPSA) is 72.9 Å². The molecule has 1 fully saturated rings. The van der Waals surface area contributed by atoms with Crippen LogP contribution in [0, 0.1) is 5.92 Å². The molecular weight excluding hydrogens is 691 g/mol. The number of hydrogen-bond acceptors (Lipinski definition) is 6. The van der Waals surface area contributed by atoms with E-state index in [-0.39, 0.29) is 29.4 Å². The lowest BCUT2D eigenvalue weighted by Crippen LogP contribution is -2.33. The first-order valence-corrected chi connectivity index (χ1v) is 24.6. The molecule has 1 rings (SSSR count). The van der Waals surface area contributed by atoms with Gasteiger partial charge in [0.15, 0.2) is 0 Å². The van der Waals surface area contributed by atoms with Gasteiger partial charge in [-0.3, -0.25) is 14.4 Å². The lowest BCUT2D eigenvalue weighted by Gasteiger charge is -2.29.